The van der Waals surface area contributed by atoms with Gasteiger partial charge in [0.1, 0.15) is 11.3 Å². The van der Waals surface area contributed by atoms with Crippen LogP contribution >= 0.6 is 15.9 Å². The van der Waals surface area contributed by atoms with Gasteiger partial charge in [0, 0.05) is 29.5 Å². The van der Waals surface area contributed by atoms with Crippen LogP contribution in [0.4, 0.5) is 11.4 Å². The Kier molecular flexibility index (Phi) is 4.85. The molecule has 0 bridgehead atoms. The summed E-state index contributed by atoms with van der Waals surface area (Å²) in [4.78, 5) is 19.4. The number of nitro groups is 1. The number of para-hydroxylation sites is 1. The van der Waals surface area contributed by atoms with E-state index in [1.165, 1.54) is 18.3 Å². The molecule has 0 atom stereocenters. The van der Waals surface area contributed by atoms with Gasteiger partial charge in [0.25, 0.3) is 5.69 Å². The fourth-order valence-electron chi connectivity index (χ4n) is 2.88. The van der Waals surface area contributed by atoms with Gasteiger partial charge >= 0.3 is 0 Å². The number of halogens is 1. The molecule has 0 radical (unpaired) electrons. The Hall–Kier alpha value is -3.52. The number of phenolic OH excluding ortho intramolecular Hbond substituents is 1. The molecule has 4 aromatic rings. The van der Waals surface area contributed by atoms with Crippen LogP contribution in [0.15, 0.2) is 68.5 Å². The predicted molar refractivity (Wildman–Crippen MR) is 114 cm³/mol. The highest BCUT2D eigenvalue weighted by Gasteiger charge is 2.14. The van der Waals surface area contributed by atoms with Crippen molar-refractivity contribution in [3.8, 4) is 17.2 Å². The van der Waals surface area contributed by atoms with Crippen LogP contribution in [0.3, 0.4) is 0 Å². The number of hydrogen-bond donors (Lipinski definition) is 1. The molecule has 0 spiro atoms. The summed E-state index contributed by atoms with van der Waals surface area (Å²) < 4.78 is 6.07. The van der Waals surface area contributed by atoms with Crippen LogP contribution in [0.25, 0.3) is 22.6 Å². The summed E-state index contributed by atoms with van der Waals surface area (Å²) in [5.41, 5.74) is 3.96. The third-order valence-corrected chi connectivity index (χ3v) is 4.96. The Morgan fingerprint density at radius 1 is 1.21 bits per heavy atom. The minimum atomic E-state index is -0.530. The van der Waals surface area contributed by atoms with Gasteiger partial charge in [0.2, 0.25) is 5.89 Å². The third kappa shape index (κ3) is 3.74. The van der Waals surface area contributed by atoms with Crippen LogP contribution in [0.5, 0.6) is 5.75 Å². The van der Waals surface area contributed by atoms with Crippen LogP contribution in [-0.4, -0.2) is 21.2 Å². The molecule has 3 aromatic carbocycles. The number of fused-ring (bicyclic) bond motifs is 1. The van der Waals surface area contributed by atoms with Crippen molar-refractivity contribution >= 4 is 44.6 Å². The summed E-state index contributed by atoms with van der Waals surface area (Å²) >= 11 is 3.12. The third-order valence-electron chi connectivity index (χ3n) is 4.35. The average Bonchev–Trinajstić information content (AvgIpc) is 3.15. The molecule has 0 aliphatic rings. The van der Waals surface area contributed by atoms with Crippen molar-refractivity contribution < 1.29 is 14.4 Å². The Morgan fingerprint density at radius 3 is 2.76 bits per heavy atom. The van der Waals surface area contributed by atoms with Gasteiger partial charge in [-0.3, -0.25) is 15.1 Å². The normalized spacial score (nSPS) is 11.4. The Bertz CT molecular complexity index is 1280. The van der Waals surface area contributed by atoms with Crippen molar-refractivity contribution in [1.82, 2.24) is 4.98 Å². The van der Waals surface area contributed by atoms with Gasteiger partial charge in [0.15, 0.2) is 5.58 Å². The van der Waals surface area contributed by atoms with Gasteiger partial charge in [-0.15, -0.1) is 0 Å². The minimum absolute atomic E-state index is 0.120. The lowest BCUT2D eigenvalue weighted by Crippen LogP contribution is -1.91. The van der Waals surface area contributed by atoms with Gasteiger partial charge in [-0.1, -0.05) is 18.2 Å². The second kappa shape index (κ2) is 7.48. The van der Waals surface area contributed by atoms with E-state index in [2.05, 4.69) is 25.9 Å². The van der Waals surface area contributed by atoms with Crippen LogP contribution in [0, 0.1) is 17.0 Å². The number of aromatic nitrogens is 1. The van der Waals surface area contributed by atoms with E-state index < -0.39 is 4.92 Å². The molecule has 0 amide bonds. The number of phenols is 1. The number of aromatic hydroxyl groups is 1. The molecule has 0 fully saturated rings. The van der Waals surface area contributed by atoms with E-state index in [1.807, 2.05) is 37.3 Å². The standard InChI is InChI=1S/C21H14BrN3O4/c1-12-4-2-7-18-19(12)24-21(29-18)13-5-3-6-15(8-13)23-11-14-9-16(25(27)28)10-17(22)20(14)26/h2-11,26H,1H3. The zero-order valence-corrected chi connectivity index (χ0v) is 16.8. The molecular weight excluding hydrogens is 438 g/mol. The summed E-state index contributed by atoms with van der Waals surface area (Å²) in [5.74, 6) is 0.359. The van der Waals surface area contributed by atoms with Crippen molar-refractivity contribution in [1.29, 1.82) is 0 Å². The van der Waals surface area contributed by atoms with Crippen molar-refractivity contribution in [2.75, 3.05) is 0 Å². The first-order valence-electron chi connectivity index (χ1n) is 8.60. The van der Waals surface area contributed by atoms with Gasteiger partial charge in [-0.05, 0) is 52.7 Å². The Labute approximate surface area is 173 Å². The molecule has 4 rings (SSSR count). The highest BCUT2D eigenvalue weighted by Crippen LogP contribution is 2.32. The van der Waals surface area contributed by atoms with E-state index in [0.29, 0.717) is 17.2 Å². The van der Waals surface area contributed by atoms with Crippen molar-refractivity contribution in [3.05, 3.63) is 80.3 Å². The molecule has 0 saturated heterocycles. The monoisotopic (exact) mass is 451 g/mol. The largest absolute Gasteiger partial charge is 0.506 e. The number of rotatable bonds is 4. The quantitative estimate of drug-likeness (QED) is 0.235. The smallest absolute Gasteiger partial charge is 0.271 e. The number of benzene rings is 3. The SMILES string of the molecule is Cc1cccc2oc(-c3cccc(N=Cc4cc([N+](=O)[O-])cc(Br)c4O)c3)nc12. The lowest BCUT2D eigenvalue weighted by Gasteiger charge is -2.02. The molecule has 7 nitrogen and oxygen atoms in total. The number of non-ortho nitro benzene ring substituents is 1. The summed E-state index contributed by atoms with van der Waals surface area (Å²) in [7, 11) is 0. The van der Waals surface area contributed by atoms with Gasteiger partial charge in [-0.2, -0.15) is 0 Å². The van der Waals surface area contributed by atoms with Gasteiger partial charge in [0.05, 0.1) is 15.1 Å². The minimum Gasteiger partial charge on any atom is -0.506 e. The zero-order valence-electron chi connectivity index (χ0n) is 15.2. The van der Waals surface area contributed by atoms with Crippen LogP contribution in [0.2, 0.25) is 0 Å². The molecule has 8 heteroatoms. The molecule has 0 aliphatic heterocycles. The summed E-state index contributed by atoms with van der Waals surface area (Å²) in [6.45, 7) is 1.97. The molecule has 0 saturated carbocycles. The molecule has 1 aromatic heterocycles. The second-order valence-electron chi connectivity index (χ2n) is 6.37. The number of aliphatic imine (C=N–C) groups is 1. The molecular formula is C21H14BrN3O4. The number of nitrogens with zero attached hydrogens (tertiary/aromatic N) is 3. The van der Waals surface area contributed by atoms with Crippen molar-refractivity contribution in [2.24, 2.45) is 4.99 Å². The lowest BCUT2D eigenvalue weighted by molar-refractivity contribution is -0.385. The molecule has 0 aliphatic carbocycles. The van der Waals surface area contributed by atoms with Crippen molar-refractivity contribution in [2.45, 2.75) is 6.92 Å². The highest BCUT2D eigenvalue weighted by molar-refractivity contribution is 9.10. The van der Waals surface area contributed by atoms with Crippen LogP contribution in [-0.2, 0) is 0 Å². The molecule has 29 heavy (non-hydrogen) atoms. The number of oxazole rings is 1. The van der Waals surface area contributed by atoms with E-state index in [4.69, 9.17) is 4.42 Å². The molecule has 144 valence electrons. The highest BCUT2D eigenvalue weighted by atomic mass is 79.9. The maximum Gasteiger partial charge on any atom is 0.271 e. The second-order valence-corrected chi connectivity index (χ2v) is 7.23. The maximum atomic E-state index is 11.0. The summed E-state index contributed by atoms with van der Waals surface area (Å²) in [6, 6.07) is 15.5. The van der Waals surface area contributed by atoms with E-state index in [1.54, 1.807) is 12.1 Å². The maximum absolute atomic E-state index is 11.0. The molecule has 0 unspecified atom stereocenters. The van der Waals surface area contributed by atoms with E-state index in [-0.39, 0.29) is 21.5 Å². The average molecular weight is 452 g/mol. The van der Waals surface area contributed by atoms with Gasteiger partial charge < -0.3 is 9.52 Å². The lowest BCUT2D eigenvalue weighted by atomic mass is 10.2. The first-order chi connectivity index (χ1) is 13.9. The fourth-order valence-corrected chi connectivity index (χ4v) is 3.35. The summed E-state index contributed by atoms with van der Waals surface area (Å²) in [6.07, 6.45) is 1.38. The first-order valence-corrected chi connectivity index (χ1v) is 9.39. The van der Waals surface area contributed by atoms with E-state index >= 15 is 0 Å². The Morgan fingerprint density at radius 2 is 2.00 bits per heavy atom. The number of hydrogen-bond acceptors (Lipinski definition) is 6. The zero-order chi connectivity index (χ0) is 20.5. The van der Waals surface area contributed by atoms with E-state index in [0.717, 1.165) is 16.6 Å². The topological polar surface area (TPSA) is 102 Å². The first kappa shape index (κ1) is 18.8. The number of aryl methyl sites for hydroxylation is 1. The van der Waals surface area contributed by atoms with E-state index in [9.17, 15) is 15.2 Å². The van der Waals surface area contributed by atoms with Gasteiger partial charge in [-0.25, -0.2) is 4.98 Å². The Balaban J connectivity index is 1.69. The summed E-state index contributed by atoms with van der Waals surface area (Å²) in [5, 5.41) is 21.2. The fraction of sp³-hybridized carbons (Fsp3) is 0.0476. The number of nitro benzene ring substituents is 1. The predicted octanol–water partition coefficient (Wildman–Crippen LogP) is 5.93. The van der Waals surface area contributed by atoms with Crippen LogP contribution < -0.4 is 0 Å². The molecule has 1 N–H and O–H groups in total. The molecule has 1 heterocycles. The van der Waals surface area contributed by atoms with Crippen molar-refractivity contribution in [3.63, 3.8) is 0 Å². The van der Waals surface area contributed by atoms with Crippen LogP contribution in [0.1, 0.15) is 11.1 Å².